The third kappa shape index (κ3) is 6.19. The Morgan fingerprint density at radius 2 is 1.05 bits per heavy atom. The van der Waals surface area contributed by atoms with E-state index in [1.165, 1.54) is 50.1 Å². The zero-order chi connectivity index (χ0) is 39.1. The standard InChI is InChI=1S/C51H46N4O2/c1-50(2,3)35-21-15-30(16-22-35)46-52-54-48(56-46)32-19-25-37-34(27-32)29-44-40-13-8-7-12-39(40)41-26-20-33(28-43(41)45(44)42-14-10-9-11-38(37)42)49-55-53-47(57-49)31-17-23-36(24-18-31)51(4,5)6/h7-25,27-28,41,44-45H,26,29H2,1-6H3/t41?,44-,45?/m0/s1. The number of fused-ring (bicyclic) bond motifs is 10. The van der Waals surface area contributed by atoms with Crippen molar-refractivity contribution in [1.29, 1.82) is 0 Å². The van der Waals surface area contributed by atoms with Crippen LogP contribution in [0.15, 0.2) is 142 Å². The molecule has 2 heterocycles. The lowest BCUT2D eigenvalue weighted by atomic mass is 9.61. The van der Waals surface area contributed by atoms with Crippen LogP contribution in [0.1, 0.15) is 105 Å². The predicted octanol–water partition coefficient (Wildman–Crippen LogP) is 12.6. The molecule has 6 heteroatoms. The van der Waals surface area contributed by atoms with Gasteiger partial charge in [-0.1, -0.05) is 132 Å². The van der Waals surface area contributed by atoms with Crippen LogP contribution in [0.5, 0.6) is 0 Å². The first-order valence-electron chi connectivity index (χ1n) is 20.1. The molecular formula is C51H46N4O2. The zero-order valence-electron chi connectivity index (χ0n) is 33.4. The molecular weight excluding hydrogens is 701 g/mol. The van der Waals surface area contributed by atoms with Crippen molar-refractivity contribution in [3.63, 3.8) is 0 Å². The van der Waals surface area contributed by atoms with Crippen LogP contribution in [-0.4, -0.2) is 20.4 Å². The van der Waals surface area contributed by atoms with E-state index in [1.807, 2.05) is 0 Å². The minimum absolute atomic E-state index is 0.0716. The van der Waals surface area contributed by atoms with Gasteiger partial charge in [0, 0.05) is 34.1 Å². The van der Waals surface area contributed by atoms with Crippen LogP contribution in [0.3, 0.4) is 0 Å². The van der Waals surface area contributed by atoms with E-state index >= 15 is 0 Å². The van der Waals surface area contributed by atoms with Gasteiger partial charge in [0.2, 0.25) is 23.6 Å². The van der Waals surface area contributed by atoms with Crippen LogP contribution in [0.25, 0.3) is 51.1 Å². The third-order valence-electron chi connectivity index (χ3n) is 12.3. The minimum atomic E-state index is 0.0716. The van der Waals surface area contributed by atoms with Crippen LogP contribution in [0.4, 0.5) is 0 Å². The van der Waals surface area contributed by atoms with Crippen molar-refractivity contribution >= 4 is 5.57 Å². The van der Waals surface area contributed by atoms with Crippen molar-refractivity contribution in [2.75, 3.05) is 0 Å². The first kappa shape index (κ1) is 35.3. The molecule has 0 fully saturated rings. The quantitative estimate of drug-likeness (QED) is 0.178. The second-order valence-electron chi connectivity index (χ2n) is 17.9. The minimum Gasteiger partial charge on any atom is -0.416 e. The van der Waals surface area contributed by atoms with Gasteiger partial charge in [0.1, 0.15) is 0 Å². The fraction of sp³-hybridized carbons (Fsp3) is 0.255. The first-order valence-corrected chi connectivity index (χ1v) is 20.1. The molecule has 0 amide bonds. The van der Waals surface area contributed by atoms with Gasteiger partial charge in [-0.15, -0.1) is 20.4 Å². The van der Waals surface area contributed by atoms with Crippen molar-refractivity contribution in [2.24, 2.45) is 0 Å². The van der Waals surface area contributed by atoms with Gasteiger partial charge in [-0.25, -0.2) is 0 Å². The van der Waals surface area contributed by atoms with Gasteiger partial charge < -0.3 is 8.83 Å². The summed E-state index contributed by atoms with van der Waals surface area (Å²) < 4.78 is 12.8. The highest BCUT2D eigenvalue weighted by molar-refractivity contribution is 5.80. The average Bonchev–Trinajstić information content (AvgIpc) is 3.89. The van der Waals surface area contributed by atoms with E-state index in [-0.39, 0.29) is 28.6 Å². The molecule has 282 valence electrons. The van der Waals surface area contributed by atoms with E-state index < -0.39 is 0 Å². The van der Waals surface area contributed by atoms with E-state index in [0.717, 1.165) is 35.1 Å². The summed E-state index contributed by atoms with van der Waals surface area (Å²) >= 11 is 0. The van der Waals surface area contributed by atoms with Crippen molar-refractivity contribution in [3.05, 3.63) is 172 Å². The second-order valence-corrected chi connectivity index (χ2v) is 17.9. The van der Waals surface area contributed by atoms with Crippen molar-refractivity contribution < 1.29 is 8.83 Å². The lowest BCUT2D eigenvalue weighted by Gasteiger charge is -2.42. The van der Waals surface area contributed by atoms with E-state index in [2.05, 4.69) is 189 Å². The Hall–Kier alpha value is -6.14. The lowest BCUT2D eigenvalue weighted by molar-refractivity contribution is 0.517. The molecule has 0 saturated carbocycles. The fourth-order valence-corrected chi connectivity index (χ4v) is 9.23. The lowest BCUT2D eigenvalue weighted by Crippen LogP contribution is -2.27. The summed E-state index contributed by atoms with van der Waals surface area (Å²) in [7, 11) is 0. The fourth-order valence-electron chi connectivity index (χ4n) is 9.23. The van der Waals surface area contributed by atoms with Crippen LogP contribution >= 0.6 is 0 Å². The van der Waals surface area contributed by atoms with Crippen molar-refractivity contribution in [3.8, 4) is 45.5 Å². The molecule has 7 aromatic rings. The highest BCUT2D eigenvalue weighted by Crippen LogP contribution is 2.58. The monoisotopic (exact) mass is 746 g/mol. The number of aromatic nitrogens is 4. The second kappa shape index (κ2) is 13.2. The molecule has 0 saturated heterocycles. The molecule has 0 aliphatic heterocycles. The Morgan fingerprint density at radius 3 is 1.68 bits per heavy atom. The summed E-state index contributed by atoms with van der Waals surface area (Å²) in [4.78, 5) is 0. The smallest absolute Gasteiger partial charge is 0.248 e. The maximum Gasteiger partial charge on any atom is 0.248 e. The average molecular weight is 747 g/mol. The largest absolute Gasteiger partial charge is 0.416 e. The van der Waals surface area contributed by atoms with Crippen LogP contribution in [-0.2, 0) is 17.3 Å². The van der Waals surface area contributed by atoms with E-state index in [1.54, 1.807) is 0 Å². The molecule has 5 aromatic carbocycles. The summed E-state index contributed by atoms with van der Waals surface area (Å²) in [6, 6.07) is 41.6. The molecule has 6 nitrogen and oxygen atoms in total. The molecule has 2 unspecified atom stereocenters. The third-order valence-corrected chi connectivity index (χ3v) is 12.3. The number of hydrogen-bond donors (Lipinski definition) is 0. The Labute approximate surface area is 334 Å². The summed E-state index contributed by atoms with van der Waals surface area (Å²) in [5, 5.41) is 18.1. The molecule has 0 spiro atoms. The van der Waals surface area contributed by atoms with Crippen molar-refractivity contribution in [1.82, 2.24) is 20.4 Å². The van der Waals surface area contributed by atoms with Gasteiger partial charge in [0.25, 0.3) is 0 Å². The Kier molecular flexibility index (Phi) is 8.19. The normalized spacial score (nSPS) is 18.6. The molecule has 0 bridgehead atoms. The predicted molar refractivity (Wildman–Crippen MR) is 227 cm³/mol. The molecule has 2 aromatic heterocycles. The summed E-state index contributed by atoms with van der Waals surface area (Å²) in [5.41, 5.74) is 15.8. The maximum atomic E-state index is 6.41. The van der Waals surface area contributed by atoms with Crippen LogP contribution in [0, 0.1) is 0 Å². The zero-order valence-corrected chi connectivity index (χ0v) is 33.4. The van der Waals surface area contributed by atoms with Crippen LogP contribution < -0.4 is 0 Å². The number of rotatable bonds is 4. The molecule has 3 atom stereocenters. The number of nitrogens with zero attached hydrogens (tertiary/aromatic N) is 4. The number of allylic oxidation sites excluding steroid dienone is 4. The van der Waals surface area contributed by atoms with E-state index in [9.17, 15) is 0 Å². The molecule has 0 N–H and O–H groups in total. The topological polar surface area (TPSA) is 77.8 Å². The van der Waals surface area contributed by atoms with E-state index in [0.29, 0.717) is 23.6 Å². The highest BCUT2D eigenvalue weighted by Gasteiger charge is 2.43. The molecule has 57 heavy (non-hydrogen) atoms. The first-order chi connectivity index (χ1) is 27.5. The Bertz CT molecular complexity index is 2720. The number of benzene rings is 5. The van der Waals surface area contributed by atoms with E-state index in [4.69, 9.17) is 8.83 Å². The number of hydrogen-bond acceptors (Lipinski definition) is 6. The van der Waals surface area contributed by atoms with Gasteiger partial charge in [0.05, 0.1) is 0 Å². The molecule has 10 rings (SSSR count). The van der Waals surface area contributed by atoms with Crippen molar-refractivity contribution in [2.45, 2.75) is 83.0 Å². The van der Waals surface area contributed by atoms with Gasteiger partial charge >= 0.3 is 0 Å². The molecule has 3 aliphatic carbocycles. The summed E-state index contributed by atoms with van der Waals surface area (Å²) in [6.45, 7) is 13.3. The molecule has 3 aliphatic rings. The SMILES string of the molecule is CC(C)(C)c1ccc(-c2nnc(C3=CCC4C(=C3)C3c5ccccc5-c5ccc(-c6nnc(-c7ccc(C(C)(C)C)cc7)o6)cc5C[C@H]3c3ccccc34)o2)cc1. The van der Waals surface area contributed by atoms with Gasteiger partial charge in [-0.2, -0.15) is 0 Å². The van der Waals surface area contributed by atoms with Gasteiger partial charge in [-0.05, 0) is 117 Å². The molecule has 0 radical (unpaired) electrons. The van der Waals surface area contributed by atoms with Gasteiger partial charge in [-0.3, -0.25) is 0 Å². The maximum absolute atomic E-state index is 6.41. The summed E-state index contributed by atoms with van der Waals surface area (Å²) in [5.74, 6) is 2.80. The summed E-state index contributed by atoms with van der Waals surface area (Å²) in [6.07, 6.45) is 6.38. The van der Waals surface area contributed by atoms with Gasteiger partial charge in [0.15, 0.2) is 0 Å². The Morgan fingerprint density at radius 1 is 0.526 bits per heavy atom. The Balaban J connectivity index is 1.02. The highest BCUT2D eigenvalue weighted by atomic mass is 16.4. The van der Waals surface area contributed by atoms with Crippen LogP contribution in [0.2, 0.25) is 0 Å².